The molecule has 0 aliphatic carbocycles. The largest absolute Gasteiger partial charge is 0.378 e. The van der Waals surface area contributed by atoms with Gasteiger partial charge in [-0.25, -0.2) is 0 Å². The van der Waals surface area contributed by atoms with Crippen LogP contribution in [0.1, 0.15) is 13.8 Å². The number of nitrogens with two attached hydrogens (primary N) is 1. The van der Waals surface area contributed by atoms with Crippen molar-refractivity contribution in [1.82, 2.24) is 10.2 Å². The molecule has 6 heteroatoms. The van der Waals surface area contributed by atoms with Crippen LogP contribution >= 0.6 is 23.2 Å². The molecule has 3 N–H and O–H groups in total. The van der Waals surface area contributed by atoms with Gasteiger partial charge in [0.25, 0.3) is 0 Å². The van der Waals surface area contributed by atoms with Crippen LogP contribution in [0, 0.1) is 5.92 Å². The average Bonchev–Trinajstić information content (AvgIpc) is 2.18. The Morgan fingerprint density at radius 2 is 2.07 bits per heavy atom. The van der Waals surface area contributed by atoms with Crippen molar-refractivity contribution in [2.75, 3.05) is 11.9 Å². The van der Waals surface area contributed by atoms with E-state index in [0.29, 0.717) is 28.5 Å². The zero-order valence-electron chi connectivity index (χ0n) is 8.67. The second-order valence-corrected chi connectivity index (χ2v) is 4.35. The summed E-state index contributed by atoms with van der Waals surface area (Å²) in [6, 6.07) is 1.78. The predicted molar refractivity (Wildman–Crippen MR) is 63.4 cm³/mol. The number of anilines is 1. The number of halogens is 2. The zero-order chi connectivity index (χ0) is 11.4. The maximum absolute atomic E-state index is 5.87. The Kier molecular flexibility index (Phi) is 4.57. The molecule has 1 rings (SSSR count). The number of nitrogens with one attached hydrogen (secondary N) is 1. The summed E-state index contributed by atoms with van der Waals surface area (Å²) in [6.45, 7) is 4.68. The van der Waals surface area contributed by atoms with E-state index in [1.807, 2.05) is 0 Å². The van der Waals surface area contributed by atoms with Crippen molar-refractivity contribution in [3.05, 3.63) is 16.4 Å². The molecule has 0 amide bonds. The van der Waals surface area contributed by atoms with E-state index < -0.39 is 0 Å². The van der Waals surface area contributed by atoms with E-state index in [9.17, 15) is 0 Å². The van der Waals surface area contributed by atoms with Gasteiger partial charge in [0.2, 0.25) is 0 Å². The summed E-state index contributed by atoms with van der Waals surface area (Å²) in [5, 5.41) is 11.1. The second kappa shape index (κ2) is 5.49. The standard InChI is InChI=1S/C9H14Cl2N4/c1-5(2)7(4-12)13-6-3-8(10)14-15-9(6)11/h3,5,7H,4,12H2,1-2H3,(H,13,14). The van der Waals surface area contributed by atoms with E-state index in [4.69, 9.17) is 28.9 Å². The highest BCUT2D eigenvalue weighted by Crippen LogP contribution is 2.22. The van der Waals surface area contributed by atoms with E-state index in [0.717, 1.165) is 0 Å². The van der Waals surface area contributed by atoms with Crippen molar-refractivity contribution in [2.24, 2.45) is 11.7 Å². The number of hydrogen-bond donors (Lipinski definition) is 2. The van der Waals surface area contributed by atoms with Gasteiger partial charge in [-0.2, -0.15) is 0 Å². The minimum Gasteiger partial charge on any atom is -0.378 e. The molecule has 0 spiro atoms. The van der Waals surface area contributed by atoms with Crippen LogP contribution in [-0.2, 0) is 0 Å². The molecule has 0 saturated heterocycles. The van der Waals surface area contributed by atoms with Crippen molar-refractivity contribution in [1.29, 1.82) is 0 Å². The van der Waals surface area contributed by atoms with E-state index in [1.165, 1.54) is 0 Å². The summed E-state index contributed by atoms with van der Waals surface area (Å²) >= 11 is 11.6. The van der Waals surface area contributed by atoms with E-state index in [-0.39, 0.29) is 6.04 Å². The van der Waals surface area contributed by atoms with E-state index >= 15 is 0 Å². The maximum Gasteiger partial charge on any atom is 0.174 e. The normalized spacial score (nSPS) is 12.9. The first-order valence-corrected chi connectivity index (χ1v) is 5.45. The Labute approximate surface area is 99.2 Å². The fraction of sp³-hybridized carbons (Fsp3) is 0.556. The molecule has 1 heterocycles. The molecule has 1 aromatic rings. The number of rotatable bonds is 4. The SMILES string of the molecule is CC(C)C(CN)Nc1cc(Cl)nnc1Cl. The molecule has 84 valence electrons. The lowest BCUT2D eigenvalue weighted by Crippen LogP contribution is -2.33. The van der Waals surface area contributed by atoms with E-state index in [2.05, 4.69) is 29.4 Å². The van der Waals surface area contributed by atoms with Crippen molar-refractivity contribution in [3.8, 4) is 0 Å². The van der Waals surface area contributed by atoms with Gasteiger partial charge in [-0.05, 0) is 5.92 Å². The van der Waals surface area contributed by atoms with Gasteiger partial charge in [0.1, 0.15) is 0 Å². The van der Waals surface area contributed by atoms with Crippen LogP contribution in [0.15, 0.2) is 6.07 Å². The molecule has 0 aliphatic rings. The summed E-state index contributed by atoms with van der Waals surface area (Å²) in [6.07, 6.45) is 0. The molecule has 1 unspecified atom stereocenters. The van der Waals surface area contributed by atoms with Gasteiger partial charge in [-0.15, -0.1) is 10.2 Å². The summed E-state index contributed by atoms with van der Waals surface area (Å²) in [4.78, 5) is 0. The molecule has 0 bridgehead atoms. The molecule has 15 heavy (non-hydrogen) atoms. The molecule has 0 radical (unpaired) electrons. The molecule has 0 aliphatic heterocycles. The van der Waals surface area contributed by atoms with Gasteiger partial charge < -0.3 is 11.1 Å². The van der Waals surface area contributed by atoms with Crippen LogP contribution in [0.5, 0.6) is 0 Å². The summed E-state index contributed by atoms with van der Waals surface area (Å²) in [7, 11) is 0. The Balaban J connectivity index is 2.82. The molecule has 0 saturated carbocycles. The number of nitrogens with zero attached hydrogens (tertiary/aromatic N) is 2. The topological polar surface area (TPSA) is 63.8 Å². The number of aromatic nitrogens is 2. The van der Waals surface area contributed by atoms with Crippen molar-refractivity contribution >= 4 is 28.9 Å². The summed E-state index contributed by atoms with van der Waals surface area (Å²) in [5.41, 5.74) is 6.30. The lowest BCUT2D eigenvalue weighted by atomic mass is 10.0. The van der Waals surface area contributed by atoms with Crippen molar-refractivity contribution in [3.63, 3.8) is 0 Å². The third-order valence-corrected chi connectivity index (χ3v) is 2.58. The lowest BCUT2D eigenvalue weighted by molar-refractivity contribution is 0.531. The summed E-state index contributed by atoms with van der Waals surface area (Å²) in [5.74, 6) is 0.401. The van der Waals surface area contributed by atoms with Crippen molar-refractivity contribution < 1.29 is 0 Å². The third-order valence-electron chi connectivity index (χ3n) is 2.12. The quantitative estimate of drug-likeness (QED) is 0.858. The molecule has 0 aromatic carbocycles. The highest BCUT2D eigenvalue weighted by atomic mass is 35.5. The Morgan fingerprint density at radius 3 is 2.60 bits per heavy atom. The summed E-state index contributed by atoms with van der Waals surface area (Å²) < 4.78 is 0. The highest BCUT2D eigenvalue weighted by Gasteiger charge is 2.13. The zero-order valence-corrected chi connectivity index (χ0v) is 10.2. The van der Waals surface area contributed by atoms with Crippen molar-refractivity contribution in [2.45, 2.75) is 19.9 Å². The van der Waals surface area contributed by atoms with Crippen LogP contribution in [0.3, 0.4) is 0 Å². The third kappa shape index (κ3) is 3.48. The van der Waals surface area contributed by atoms with Crippen LogP contribution in [0.4, 0.5) is 5.69 Å². The van der Waals surface area contributed by atoms with Gasteiger partial charge in [0.15, 0.2) is 10.3 Å². The molecular formula is C9H14Cl2N4. The second-order valence-electron chi connectivity index (χ2n) is 3.60. The van der Waals surface area contributed by atoms with Crippen LogP contribution in [0.25, 0.3) is 0 Å². The van der Waals surface area contributed by atoms with E-state index in [1.54, 1.807) is 6.07 Å². The van der Waals surface area contributed by atoms with Gasteiger partial charge >= 0.3 is 0 Å². The van der Waals surface area contributed by atoms with Gasteiger partial charge in [-0.3, -0.25) is 0 Å². The van der Waals surface area contributed by atoms with Crippen LogP contribution in [0.2, 0.25) is 10.3 Å². The first-order chi connectivity index (χ1) is 7.04. The van der Waals surface area contributed by atoms with Crippen LogP contribution in [-0.4, -0.2) is 22.8 Å². The fourth-order valence-electron chi connectivity index (χ4n) is 1.15. The minimum atomic E-state index is 0.141. The maximum atomic E-state index is 5.87. The minimum absolute atomic E-state index is 0.141. The fourth-order valence-corrected chi connectivity index (χ4v) is 1.45. The molecular weight excluding hydrogens is 235 g/mol. The lowest BCUT2D eigenvalue weighted by Gasteiger charge is -2.21. The van der Waals surface area contributed by atoms with Gasteiger partial charge in [-0.1, -0.05) is 37.0 Å². The average molecular weight is 249 g/mol. The van der Waals surface area contributed by atoms with Crippen LogP contribution < -0.4 is 11.1 Å². The first kappa shape index (κ1) is 12.5. The number of hydrogen-bond acceptors (Lipinski definition) is 4. The predicted octanol–water partition coefficient (Wildman–Crippen LogP) is 2.18. The molecule has 0 fully saturated rings. The Morgan fingerprint density at radius 1 is 1.40 bits per heavy atom. The van der Waals surface area contributed by atoms with Gasteiger partial charge in [0.05, 0.1) is 5.69 Å². The monoisotopic (exact) mass is 248 g/mol. The molecule has 4 nitrogen and oxygen atoms in total. The van der Waals surface area contributed by atoms with Gasteiger partial charge in [0, 0.05) is 18.7 Å². The smallest absolute Gasteiger partial charge is 0.174 e. The Bertz CT molecular complexity index is 330. The molecule has 1 atom stereocenters. The highest BCUT2D eigenvalue weighted by molar-refractivity contribution is 6.33. The first-order valence-electron chi connectivity index (χ1n) is 4.70. The molecule has 1 aromatic heterocycles. The Hall–Kier alpha value is -0.580.